The summed E-state index contributed by atoms with van der Waals surface area (Å²) in [6, 6.07) is 6.02. The Morgan fingerprint density at radius 2 is 1.89 bits per heavy atom. The predicted octanol–water partition coefficient (Wildman–Crippen LogP) is 3.01. The molecular weight excluding hydrogens is 357 g/mol. The third-order valence-electron chi connectivity index (χ3n) is 6.57. The zero-order valence-corrected chi connectivity index (χ0v) is 16.1. The molecule has 2 N–H and O–H groups in total. The molecule has 2 saturated heterocycles. The average Bonchev–Trinajstić information content (AvgIpc) is 2.99. The van der Waals surface area contributed by atoms with Gasteiger partial charge >= 0.3 is 6.03 Å². The number of carbonyl (C=O) groups is 2. The summed E-state index contributed by atoms with van der Waals surface area (Å²) in [6.45, 7) is 2.91. The van der Waals surface area contributed by atoms with Crippen LogP contribution in [0.1, 0.15) is 37.7 Å². The lowest BCUT2D eigenvalue weighted by Crippen LogP contribution is -2.57. The smallest absolute Gasteiger partial charge is 0.322 e. The molecule has 2 heterocycles. The van der Waals surface area contributed by atoms with Crippen LogP contribution < -0.4 is 10.6 Å². The van der Waals surface area contributed by atoms with E-state index < -0.39 is 11.6 Å². The number of urea groups is 1. The van der Waals surface area contributed by atoms with Gasteiger partial charge in [0.1, 0.15) is 11.4 Å². The number of carbonyl (C=O) groups excluding carboxylic acids is 2. The van der Waals surface area contributed by atoms with E-state index in [2.05, 4.69) is 27.7 Å². The highest BCUT2D eigenvalue weighted by molar-refractivity contribution is 6.07. The van der Waals surface area contributed by atoms with Crippen molar-refractivity contribution in [1.82, 2.24) is 15.5 Å². The Bertz CT molecular complexity index is 773. The monoisotopic (exact) mass is 385 g/mol. The van der Waals surface area contributed by atoms with Crippen molar-refractivity contribution in [3.63, 3.8) is 0 Å². The van der Waals surface area contributed by atoms with E-state index in [-0.39, 0.29) is 24.1 Å². The van der Waals surface area contributed by atoms with Gasteiger partial charge < -0.3 is 10.2 Å². The van der Waals surface area contributed by atoms with E-state index in [0.717, 1.165) is 38.9 Å². The minimum absolute atomic E-state index is 0.000979. The van der Waals surface area contributed by atoms with Gasteiger partial charge in [0, 0.05) is 13.0 Å². The van der Waals surface area contributed by atoms with Gasteiger partial charge in [-0.05, 0) is 68.7 Å². The first-order chi connectivity index (χ1) is 13.6. The van der Waals surface area contributed by atoms with E-state index in [0.29, 0.717) is 11.5 Å². The van der Waals surface area contributed by atoms with Gasteiger partial charge in [0.25, 0.3) is 5.91 Å². The van der Waals surface area contributed by atoms with Crippen LogP contribution in [0.5, 0.6) is 0 Å². The zero-order valence-electron chi connectivity index (χ0n) is 16.1. The third-order valence-corrected chi connectivity index (χ3v) is 6.57. The summed E-state index contributed by atoms with van der Waals surface area (Å²) in [5.74, 6) is 0.0553. The quantitative estimate of drug-likeness (QED) is 0.605. The van der Waals surface area contributed by atoms with Crippen LogP contribution in [0.2, 0.25) is 0 Å². The molecule has 1 aliphatic carbocycles. The van der Waals surface area contributed by atoms with Crippen molar-refractivity contribution in [2.24, 2.45) is 11.8 Å². The van der Waals surface area contributed by atoms with Crippen LogP contribution in [0.3, 0.4) is 0 Å². The summed E-state index contributed by atoms with van der Waals surface area (Å²) in [5.41, 5.74) is -0.588. The molecule has 0 saturated carbocycles. The van der Waals surface area contributed by atoms with Crippen molar-refractivity contribution in [1.29, 1.82) is 0 Å². The lowest BCUT2D eigenvalue weighted by atomic mass is 9.74. The Labute approximate surface area is 165 Å². The Balaban J connectivity index is 1.46. The molecular formula is C22H28FN3O2. The molecule has 28 heavy (non-hydrogen) atoms. The standard InChI is InChI=1S/C22H28FN3O2/c23-19-9-5-4-8-17(19)14-22(20(27)24-21(28)25-22)18-10-12-26(13-11-18)15-16-6-2-1-3-7-16/h1-2,4-5,8-9,16,18H,3,6-7,10-15H2,(H2,24,25,27,28)/t16-,22+/m0/s1. The van der Waals surface area contributed by atoms with Crippen LogP contribution >= 0.6 is 0 Å². The lowest BCUT2D eigenvalue weighted by Gasteiger charge is -2.41. The second kappa shape index (κ2) is 8.03. The maximum atomic E-state index is 14.3. The van der Waals surface area contributed by atoms with Gasteiger partial charge in [-0.25, -0.2) is 9.18 Å². The fourth-order valence-corrected chi connectivity index (χ4v) is 5.00. The molecule has 2 atom stereocenters. The van der Waals surface area contributed by atoms with Crippen molar-refractivity contribution in [2.75, 3.05) is 19.6 Å². The number of nitrogens with zero attached hydrogens (tertiary/aromatic N) is 1. The molecule has 0 unspecified atom stereocenters. The molecule has 3 amide bonds. The normalized spacial score (nSPS) is 29.0. The lowest BCUT2D eigenvalue weighted by molar-refractivity contribution is -0.126. The van der Waals surface area contributed by atoms with Gasteiger partial charge in [0.15, 0.2) is 0 Å². The number of benzene rings is 1. The first-order valence-corrected chi connectivity index (χ1v) is 10.3. The highest BCUT2D eigenvalue weighted by Gasteiger charge is 2.52. The van der Waals surface area contributed by atoms with Crippen molar-refractivity contribution in [3.05, 3.63) is 47.8 Å². The second-order valence-corrected chi connectivity index (χ2v) is 8.37. The minimum Gasteiger partial charge on any atom is -0.323 e. The van der Waals surface area contributed by atoms with Crippen LogP contribution in [0.25, 0.3) is 0 Å². The molecule has 5 nitrogen and oxygen atoms in total. The number of hydrogen-bond acceptors (Lipinski definition) is 3. The Morgan fingerprint density at radius 1 is 1.11 bits per heavy atom. The fraction of sp³-hybridized carbons (Fsp3) is 0.545. The summed E-state index contributed by atoms with van der Waals surface area (Å²) in [6.07, 6.45) is 9.94. The molecule has 1 aromatic carbocycles. The molecule has 4 rings (SSSR count). The summed E-state index contributed by atoms with van der Waals surface area (Å²) in [4.78, 5) is 27.2. The molecule has 1 aromatic rings. The number of halogens is 1. The van der Waals surface area contributed by atoms with Crippen molar-refractivity contribution in [2.45, 2.75) is 44.1 Å². The van der Waals surface area contributed by atoms with Crippen molar-refractivity contribution < 1.29 is 14.0 Å². The van der Waals surface area contributed by atoms with E-state index in [1.165, 1.54) is 18.9 Å². The number of likely N-dealkylation sites (tertiary alicyclic amines) is 1. The van der Waals surface area contributed by atoms with Crippen LogP contribution in [-0.2, 0) is 11.2 Å². The summed E-state index contributed by atoms with van der Waals surface area (Å²) >= 11 is 0. The number of rotatable bonds is 5. The van der Waals surface area contributed by atoms with E-state index in [4.69, 9.17) is 0 Å². The van der Waals surface area contributed by atoms with E-state index >= 15 is 0 Å². The van der Waals surface area contributed by atoms with Crippen LogP contribution in [0.4, 0.5) is 9.18 Å². The maximum Gasteiger partial charge on any atom is 0.322 e. The summed E-state index contributed by atoms with van der Waals surface area (Å²) in [7, 11) is 0. The van der Waals surface area contributed by atoms with Gasteiger partial charge in [-0.15, -0.1) is 0 Å². The summed E-state index contributed by atoms with van der Waals surface area (Å²) < 4.78 is 14.3. The van der Waals surface area contributed by atoms with Gasteiger partial charge in [0.2, 0.25) is 0 Å². The third kappa shape index (κ3) is 3.83. The van der Waals surface area contributed by atoms with E-state index in [9.17, 15) is 14.0 Å². The molecule has 0 bridgehead atoms. The molecule has 0 aromatic heterocycles. The Kier molecular flexibility index (Phi) is 5.49. The molecule has 0 radical (unpaired) electrons. The SMILES string of the molecule is O=C1NC(=O)[C@@](Cc2ccccc2F)(C2CCN(C[C@H]3CC=CCC3)CC2)N1. The summed E-state index contributed by atoms with van der Waals surface area (Å²) in [5, 5.41) is 5.25. The topological polar surface area (TPSA) is 61.4 Å². The van der Waals surface area contributed by atoms with Gasteiger partial charge in [-0.1, -0.05) is 30.4 Å². The van der Waals surface area contributed by atoms with Gasteiger partial charge in [-0.2, -0.15) is 0 Å². The highest BCUT2D eigenvalue weighted by atomic mass is 19.1. The average molecular weight is 385 g/mol. The minimum atomic E-state index is -1.06. The highest BCUT2D eigenvalue weighted by Crippen LogP contribution is 2.35. The van der Waals surface area contributed by atoms with Crippen LogP contribution in [0.15, 0.2) is 36.4 Å². The number of nitrogens with one attached hydrogen (secondary N) is 2. The largest absolute Gasteiger partial charge is 0.323 e. The van der Waals surface area contributed by atoms with Crippen LogP contribution in [0, 0.1) is 17.7 Å². The van der Waals surface area contributed by atoms with E-state index in [1.54, 1.807) is 18.2 Å². The molecule has 2 aliphatic heterocycles. The molecule has 6 heteroatoms. The first kappa shape index (κ1) is 19.1. The van der Waals surface area contributed by atoms with Crippen molar-refractivity contribution >= 4 is 11.9 Å². The molecule has 2 fully saturated rings. The predicted molar refractivity (Wildman–Crippen MR) is 105 cm³/mol. The number of imide groups is 1. The van der Waals surface area contributed by atoms with Gasteiger partial charge in [0.05, 0.1) is 0 Å². The van der Waals surface area contributed by atoms with Crippen molar-refractivity contribution in [3.8, 4) is 0 Å². The number of hydrogen-bond donors (Lipinski definition) is 2. The van der Waals surface area contributed by atoms with Gasteiger partial charge in [-0.3, -0.25) is 10.1 Å². The van der Waals surface area contributed by atoms with Crippen LogP contribution in [-0.4, -0.2) is 42.0 Å². The molecule has 150 valence electrons. The first-order valence-electron chi connectivity index (χ1n) is 10.3. The number of allylic oxidation sites excluding steroid dienone is 2. The maximum absolute atomic E-state index is 14.3. The Morgan fingerprint density at radius 3 is 2.54 bits per heavy atom. The molecule has 0 spiro atoms. The number of amides is 3. The Hall–Kier alpha value is -2.21. The fourth-order valence-electron chi connectivity index (χ4n) is 5.00. The number of piperidine rings is 1. The zero-order chi connectivity index (χ0) is 19.6. The second-order valence-electron chi connectivity index (χ2n) is 8.37. The molecule has 3 aliphatic rings. The van der Waals surface area contributed by atoms with E-state index in [1.807, 2.05) is 0 Å².